The summed E-state index contributed by atoms with van der Waals surface area (Å²) in [6.45, 7) is 6.40. The zero-order chi connectivity index (χ0) is 14.0. The Bertz CT molecular complexity index is 561. The lowest BCUT2D eigenvalue weighted by Crippen LogP contribution is -2.54. The van der Waals surface area contributed by atoms with Crippen LogP contribution in [0, 0.1) is 5.92 Å². The Morgan fingerprint density at radius 1 is 1.40 bits per heavy atom. The van der Waals surface area contributed by atoms with Crippen LogP contribution < -0.4 is 11.1 Å². The summed E-state index contributed by atoms with van der Waals surface area (Å²) in [7, 11) is 0. The molecule has 0 saturated carbocycles. The van der Waals surface area contributed by atoms with E-state index in [0.717, 1.165) is 5.39 Å². The number of nitrogens with two attached hydrogens (primary N) is 1. The van der Waals surface area contributed by atoms with Gasteiger partial charge in [0.15, 0.2) is 5.76 Å². The molecule has 1 aromatic carbocycles. The van der Waals surface area contributed by atoms with Gasteiger partial charge < -0.3 is 15.5 Å². The molecule has 4 nitrogen and oxygen atoms in total. The van der Waals surface area contributed by atoms with E-state index in [4.69, 9.17) is 10.2 Å². The van der Waals surface area contributed by atoms with E-state index in [1.807, 2.05) is 45.0 Å². The number of nitrogens with one attached hydrogen (secondary N) is 1. The number of benzene rings is 1. The summed E-state index contributed by atoms with van der Waals surface area (Å²) < 4.78 is 5.55. The van der Waals surface area contributed by atoms with Crippen LogP contribution in [-0.4, -0.2) is 18.0 Å². The van der Waals surface area contributed by atoms with Crippen molar-refractivity contribution in [2.24, 2.45) is 11.7 Å². The molecule has 0 bridgehead atoms. The number of para-hydroxylation sites is 1. The maximum Gasteiger partial charge on any atom is 0.287 e. The fourth-order valence-electron chi connectivity index (χ4n) is 1.85. The molecule has 1 aromatic heterocycles. The predicted molar refractivity (Wildman–Crippen MR) is 83.2 cm³/mol. The summed E-state index contributed by atoms with van der Waals surface area (Å²) in [5.41, 5.74) is 6.04. The quantitative estimate of drug-likeness (QED) is 0.911. The van der Waals surface area contributed by atoms with E-state index in [9.17, 15) is 4.79 Å². The second-order valence-electron chi connectivity index (χ2n) is 5.38. The Labute approximate surface area is 125 Å². The van der Waals surface area contributed by atoms with Crippen molar-refractivity contribution in [2.45, 2.75) is 26.3 Å². The highest BCUT2D eigenvalue weighted by atomic mass is 35.5. The second kappa shape index (κ2) is 6.29. The third-order valence-electron chi connectivity index (χ3n) is 3.75. The smallest absolute Gasteiger partial charge is 0.287 e. The molecule has 2 rings (SSSR count). The van der Waals surface area contributed by atoms with Gasteiger partial charge in [0.25, 0.3) is 5.91 Å². The van der Waals surface area contributed by atoms with Crippen LogP contribution in [0.25, 0.3) is 11.0 Å². The molecule has 2 aromatic rings. The van der Waals surface area contributed by atoms with E-state index in [0.29, 0.717) is 17.9 Å². The summed E-state index contributed by atoms with van der Waals surface area (Å²) >= 11 is 0. The number of hydrogen-bond acceptors (Lipinski definition) is 3. The number of hydrogen-bond donors (Lipinski definition) is 2. The number of rotatable bonds is 4. The van der Waals surface area contributed by atoms with Gasteiger partial charge in [-0.05, 0) is 25.0 Å². The van der Waals surface area contributed by atoms with Gasteiger partial charge in [-0.1, -0.05) is 32.0 Å². The minimum Gasteiger partial charge on any atom is -0.451 e. The molecular formula is C15H21ClN2O2. The van der Waals surface area contributed by atoms with E-state index in [1.54, 1.807) is 6.07 Å². The average molecular weight is 297 g/mol. The van der Waals surface area contributed by atoms with Crippen molar-refractivity contribution in [1.82, 2.24) is 5.32 Å². The van der Waals surface area contributed by atoms with Gasteiger partial charge >= 0.3 is 0 Å². The van der Waals surface area contributed by atoms with Gasteiger partial charge in [0.1, 0.15) is 5.58 Å². The zero-order valence-electron chi connectivity index (χ0n) is 12.0. The molecule has 0 fully saturated rings. The topological polar surface area (TPSA) is 68.3 Å². The van der Waals surface area contributed by atoms with Crippen molar-refractivity contribution < 1.29 is 9.21 Å². The molecule has 1 atom stereocenters. The fraction of sp³-hybridized carbons (Fsp3) is 0.400. The summed E-state index contributed by atoms with van der Waals surface area (Å²) in [5, 5.41) is 3.88. The van der Waals surface area contributed by atoms with Crippen molar-refractivity contribution in [3.05, 3.63) is 36.1 Å². The van der Waals surface area contributed by atoms with Crippen LogP contribution in [0.3, 0.4) is 0 Å². The predicted octanol–water partition coefficient (Wildman–Crippen LogP) is 2.96. The number of fused-ring (bicyclic) bond motifs is 1. The molecule has 3 N–H and O–H groups in total. The number of furan rings is 1. The standard InChI is InChI=1S/C15H20N2O2.ClH/c1-10(2)15(3,9-16)17-14(18)13-8-11-6-4-5-7-12(11)19-13;/h4-8,10H,9,16H2,1-3H3,(H,17,18);1H. The maximum atomic E-state index is 12.2. The molecule has 5 heteroatoms. The van der Waals surface area contributed by atoms with Crippen molar-refractivity contribution in [3.8, 4) is 0 Å². The zero-order valence-corrected chi connectivity index (χ0v) is 12.8. The molecule has 0 aliphatic carbocycles. The Kier molecular flexibility index (Phi) is 5.20. The second-order valence-corrected chi connectivity index (χ2v) is 5.38. The highest BCUT2D eigenvalue weighted by Gasteiger charge is 2.29. The molecule has 0 aliphatic rings. The molecule has 1 unspecified atom stereocenters. The third-order valence-corrected chi connectivity index (χ3v) is 3.75. The van der Waals surface area contributed by atoms with Gasteiger partial charge in [0.05, 0.1) is 5.54 Å². The molecule has 110 valence electrons. The van der Waals surface area contributed by atoms with Gasteiger partial charge in [-0.2, -0.15) is 0 Å². The van der Waals surface area contributed by atoms with Crippen LogP contribution in [-0.2, 0) is 0 Å². The highest BCUT2D eigenvalue weighted by molar-refractivity contribution is 5.96. The van der Waals surface area contributed by atoms with Gasteiger partial charge in [-0.3, -0.25) is 4.79 Å². The normalized spacial score (nSPS) is 13.8. The van der Waals surface area contributed by atoms with E-state index in [-0.39, 0.29) is 24.2 Å². The van der Waals surface area contributed by atoms with E-state index in [1.165, 1.54) is 0 Å². The van der Waals surface area contributed by atoms with Crippen LogP contribution in [0.1, 0.15) is 31.3 Å². The molecule has 0 radical (unpaired) electrons. The Hall–Kier alpha value is -1.52. The summed E-state index contributed by atoms with van der Waals surface area (Å²) in [4.78, 5) is 12.2. The number of carbonyl (C=O) groups is 1. The highest BCUT2D eigenvalue weighted by Crippen LogP contribution is 2.20. The van der Waals surface area contributed by atoms with Crippen LogP contribution >= 0.6 is 12.4 Å². The van der Waals surface area contributed by atoms with E-state index >= 15 is 0 Å². The number of halogens is 1. The van der Waals surface area contributed by atoms with Crippen LogP contribution in [0.5, 0.6) is 0 Å². The number of carbonyl (C=O) groups excluding carboxylic acids is 1. The van der Waals surface area contributed by atoms with Crippen molar-refractivity contribution in [1.29, 1.82) is 0 Å². The largest absolute Gasteiger partial charge is 0.451 e. The van der Waals surface area contributed by atoms with Crippen LogP contribution in [0.2, 0.25) is 0 Å². The monoisotopic (exact) mass is 296 g/mol. The third kappa shape index (κ3) is 3.14. The molecular weight excluding hydrogens is 276 g/mol. The Balaban J connectivity index is 0.00000200. The van der Waals surface area contributed by atoms with Crippen LogP contribution in [0.4, 0.5) is 0 Å². The average Bonchev–Trinajstić information content (AvgIpc) is 2.82. The Morgan fingerprint density at radius 2 is 2.05 bits per heavy atom. The van der Waals surface area contributed by atoms with Gasteiger partial charge in [-0.25, -0.2) is 0 Å². The van der Waals surface area contributed by atoms with Crippen LogP contribution in [0.15, 0.2) is 34.7 Å². The Morgan fingerprint density at radius 3 is 2.60 bits per heavy atom. The van der Waals surface area contributed by atoms with E-state index < -0.39 is 5.54 Å². The number of amides is 1. The van der Waals surface area contributed by atoms with Gasteiger partial charge in [0, 0.05) is 11.9 Å². The van der Waals surface area contributed by atoms with E-state index in [2.05, 4.69) is 5.32 Å². The van der Waals surface area contributed by atoms with Crippen molar-refractivity contribution in [2.75, 3.05) is 6.54 Å². The fourth-order valence-corrected chi connectivity index (χ4v) is 1.85. The molecule has 20 heavy (non-hydrogen) atoms. The first-order chi connectivity index (χ1) is 8.96. The first-order valence-electron chi connectivity index (χ1n) is 6.47. The molecule has 0 spiro atoms. The summed E-state index contributed by atoms with van der Waals surface area (Å²) in [6.07, 6.45) is 0. The maximum absolute atomic E-state index is 12.2. The summed E-state index contributed by atoms with van der Waals surface area (Å²) in [6, 6.07) is 9.31. The molecule has 0 aliphatic heterocycles. The lowest BCUT2D eigenvalue weighted by atomic mass is 9.88. The lowest BCUT2D eigenvalue weighted by Gasteiger charge is -2.33. The van der Waals surface area contributed by atoms with Gasteiger partial charge in [0.2, 0.25) is 0 Å². The van der Waals surface area contributed by atoms with Crippen molar-refractivity contribution >= 4 is 29.3 Å². The van der Waals surface area contributed by atoms with Gasteiger partial charge in [-0.15, -0.1) is 12.4 Å². The molecule has 0 saturated heterocycles. The first-order valence-corrected chi connectivity index (χ1v) is 6.47. The van der Waals surface area contributed by atoms with Crippen molar-refractivity contribution in [3.63, 3.8) is 0 Å². The molecule has 1 amide bonds. The summed E-state index contributed by atoms with van der Waals surface area (Å²) in [5.74, 6) is 0.338. The first kappa shape index (κ1) is 16.5. The molecule has 1 heterocycles. The minimum atomic E-state index is -0.434. The lowest BCUT2D eigenvalue weighted by molar-refractivity contribution is 0.0856. The SMILES string of the molecule is CC(C)C(C)(CN)NC(=O)c1cc2ccccc2o1.Cl. The minimum absolute atomic E-state index is 0.